The molecule has 0 N–H and O–H groups in total. The maximum Gasteiger partial charge on any atom is 0.204 e. The molecule has 5 heteroatoms. The monoisotopic (exact) mass is 222 g/mol. The average Bonchev–Trinajstić information content (AvgIpc) is 2.04. The van der Waals surface area contributed by atoms with Gasteiger partial charge in [0.1, 0.15) is 4.91 Å². The molecule has 54 valence electrons. The van der Waals surface area contributed by atoms with Crippen LogP contribution in [0.5, 0.6) is 0 Å². The van der Waals surface area contributed by atoms with E-state index in [1.807, 2.05) is 0 Å². The number of halogens is 1. The lowest BCUT2D eigenvalue weighted by atomic mass is 10.5. The van der Waals surface area contributed by atoms with E-state index in [2.05, 4.69) is 15.9 Å². The van der Waals surface area contributed by atoms with Crippen molar-refractivity contribution in [3.8, 4) is 0 Å². The first-order valence-corrected chi connectivity index (χ1v) is 4.69. The summed E-state index contributed by atoms with van der Waals surface area (Å²) in [6.07, 6.45) is 1.59. The molecule has 0 fully saturated rings. The Labute approximate surface area is 66.5 Å². The Kier molecular flexibility index (Phi) is 1.78. The molecule has 0 saturated heterocycles. The molecule has 0 bridgehead atoms. The Hall–Kier alpha value is -0.420. The van der Waals surface area contributed by atoms with Gasteiger partial charge in [0, 0.05) is 9.89 Å². The summed E-state index contributed by atoms with van der Waals surface area (Å²) in [5.41, 5.74) is 0. The standard InChI is InChI=1S/C5H3BrO3S/c6-4-1-5(2-7)10(8,9)3-4/h1-3H. The average molecular weight is 223 g/mol. The molecule has 3 nitrogen and oxygen atoms in total. The minimum absolute atomic E-state index is 0.195. The number of sulfone groups is 1. The van der Waals surface area contributed by atoms with Crippen molar-refractivity contribution >= 4 is 32.1 Å². The molecule has 0 amide bonds. The van der Waals surface area contributed by atoms with Crippen molar-refractivity contribution in [2.75, 3.05) is 0 Å². The predicted octanol–water partition coefficient (Wildman–Crippen LogP) is 0.734. The SMILES string of the molecule is O=CC1=CC(Br)=CS1(=O)=O. The number of aldehydes is 1. The van der Waals surface area contributed by atoms with Gasteiger partial charge < -0.3 is 0 Å². The summed E-state index contributed by atoms with van der Waals surface area (Å²) in [6.45, 7) is 0. The van der Waals surface area contributed by atoms with Crippen molar-refractivity contribution in [3.63, 3.8) is 0 Å². The minimum atomic E-state index is -3.40. The fraction of sp³-hybridized carbons (Fsp3) is 0. The van der Waals surface area contributed by atoms with Crippen LogP contribution in [0.3, 0.4) is 0 Å². The zero-order valence-electron chi connectivity index (χ0n) is 4.74. The number of hydrogen-bond acceptors (Lipinski definition) is 3. The molecule has 10 heavy (non-hydrogen) atoms. The second-order valence-corrected chi connectivity index (χ2v) is 4.43. The summed E-state index contributed by atoms with van der Waals surface area (Å²) in [6, 6.07) is 0. The topological polar surface area (TPSA) is 51.2 Å². The second-order valence-electron chi connectivity index (χ2n) is 1.71. The van der Waals surface area contributed by atoms with Gasteiger partial charge in [0.05, 0.1) is 0 Å². The summed E-state index contributed by atoms with van der Waals surface area (Å²) in [7, 11) is -3.40. The maximum absolute atomic E-state index is 10.8. The first-order valence-electron chi connectivity index (χ1n) is 2.35. The highest BCUT2D eigenvalue weighted by Gasteiger charge is 2.20. The number of carbonyl (C=O) groups is 1. The van der Waals surface area contributed by atoms with E-state index in [1.165, 1.54) is 6.08 Å². The number of allylic oxidation sites excluding steroid dienone is 3. The van der Waals surface area contributed by atoms with Crippen LogP contribution >= 0.6 is 15.9 Å². The van der Waals surface area contributed by atoms with Gasteiger partial charge in [-0.2, -0.15) is 0 Å². The predicted molar refractivity (Wildman–Crippen MR) is 40.1 cm³/mol. The highest BCUT2D eigenvalue weighted by atomic mass is 79.9. The molecular weight excluding hydrogens is 220 g/mol. The third-order valence-electron chi connectivity index (χ3n) is 0.993. The molecule has 1 aliphatic heterocycles. The third kappa shape index (κ3) is 1.19. The van der Waals surface area contributed by atoms with Crippen LogP contribution in [0.15, 0.2) is 20.9 Å². The molecule has 0 spiro atoms. The molecule has 1 heterocycles. The van der Waals surface area contributed by atoms with Gasteiger partial charge in [-0.05, 0) is 6.08 Å². The fourth-order valence-corrected chi connectivity index (χ4v) is 2.63. The van der Waals surface area contributed by atoms with E-state index in [0.29, 0.717) is 10.8 Å². The van der Waals surface area contributed by atoms with Gasteiger partial charge in [0.15, 0.2) is 6.29 Å². The van der Waals surface area contributed by atoms with Crippen LogP contribution < -0.4 is 0 Å². The smallest absolute Gasteiger partial charge is 0.204 e. The number of carbonyl (C=O) groups excluding carboxylic acids is 1. The second kappa shape index (κ2) is 2.32. The van der Waals surface area contributed by atoms with E-state index >= 15 is 0 Å². The summed E-state index contributed by atoms with van der Waals surface area (Å²) in [5.74, 6) is 0. The molecule has 0 atom stereocenters. The molecule has 1 aliphatic rings. The fourth-order valence-electron chi connectivity index (χ4n) is 0.569. The molecule has 0 aromatic carbocycles. The van der Waals surface area contributed by atoms with E-state index in [1.54, 1.807) is 0 Å². The van der Waals surface area contributed by atoms with Gasteiger partial charge in [-0.1, -0.05) is 15.9 Å². The number of rotatable bonds is 1. The lowest BCUT2D eigenvalue weighted by Gasteiger charge is -1.85. The summed E-state index contributed by atoms with van der Waals surface area (Å²) in [5, 5.41) is 0.997. The van der Waals surface area contributed by atoms with Gasteiger partial charge in [-0.3, -0.25) is 4.79 Å². The van der Waals surface area contributed by atoms with Crippen molar-refractivity contribution in [2.45, 2.75) is 0 Å². The Morgan fingerprint density at radius 1 is 1.50 bits per heavy atom. The van der Waals surface area contributed by atoms with Crippen molar-refractivity contribution < 1.29 is 13.2 Å². The van der Waals surface area contributed by atoms with Crippen LogP contribution in [0.2, 0.25) is 0 Å². The van der Waals surface area contributed by atoms with Crippen LogP contribution in [-0.2, 0) is 14.6 Å². The minimum Gasteiger partial charge on any atom is -0.297 e. The van der Waals surface area contributed by atoms with Crippen molar-refractivity contribution in [1.82, 2.24) is 0 Å². The molecular formula is C5H3BrO3S. The molecule has 0 unspecified atom stereocenters. The van der Waals surface area contributed by atoms with Crippen LogP contribution in [0, 0.1) is 0 Å². The summed E-state index contributed by atoms with van der Waals surface area (Å²) < 4.78 is 22.0. The van der Waals surface area contributed by atoms with Gasteiger partial charge in [0.2, 0.25) is 9.84 Å². The lowest BCUT2D eigenvalue weighted by molar-refractivity contribution is -0.104. The first-order chi connectivity index (χ1) is 4.56. The highest BCUT2D eigenvalue weighted by molar-refractivity contribution is 9.12. The molecule has 0 aliphatic carbocycles. The quantitative estimate of drug-likeness (QED) is 0.616. The van der Waals surface area contributed by atoms with Crippen LogP contribution in [0.25, 0.3) is 0 Å². The summed E-state index contributed by atoms with van der Waals surface area (Å²) in [4.78, 5) is 9.87. The van der Waals surface area contributed by atoms with E-state index < -0.39 is 9.84 Å². The van der Waals surface area contributed by atoms with Gasteiger partial charge >= 0.3 is 0 Å². The van der Waals surface area contributed by atoms with Crippen molar-refractivity contribution in [1.29, 1.82) is 0 Å². The van der Waals surface area contributed by atoms with E-state index in [-0.39, 0.29) is 4.91 Å². The van der Waals surface area contributed by atoms with E-state index in [9.17, 15) is 13.2 Å². The highest BCUT2D eigenvalue weighted by Crippen LogP contribution is 2.23. The van der Waals surface area contributed by atoms with Crippen LogP contribution in [0.1, 0.15) is 0 Å². The normalized spacial score (nSPS) is 21.7. The molecule has 1 rings (SSSR count). The lowest BCUT2D eigenvalue weighted by Crippen LogP contribution is -1.95. The molecule has 0 radical (unpaired) electrons. The largest absolute Gasteiger partial charge is 0.297 e. The molecule has 0 aromatic rings. The first kappa shape index (κ1) is 7.68. The van der Waals surface area contributed by atoms with E-state index in [4.69, 9.17) is 0 Å². The maximum atomic E-state index is 10.8. The zero-order valence-corrected chi connectivity index (χ0v) is 7.15. The third-order valence-corrected chi connectivity index (χ3v) is 3.19. The van der Waals surface area contributed by atoms with Gasteiger partial charge in [0.25, 0.3) is 0 Å². The van der Waals surface area contributed by atoms with Crippen LogP contribution in [-0.4, -0.2) is 14.7 Å². The Balaban J connectivity index is 3.27. The van der Waals surface area contributed by atoms with Gasteiger partial charge in [-0.25, -0.2) is 8.42 Å². The molecule has 0 saturated carbocycles. The van der Waals surface area contributed by atoms with Crippen LogP contribution in [0.4, 0.5) is 0 Å². The number of hydrogen-bond donors (Lipinski definition) is 0. The molecule has 0 aromatic heterocycles. The van der Waals surface area contributed by atoms with Gasteiger partial charge in [-0.15, -0.1) is 0 Å². The Bertz CT molecular complexity index is 323. The van der Waals surface area contributed by atoms with Crippen molar-refractivity contribution in [2.24, 2.45) is 0 Å². The van der Waals surface area contributed by atoms with Crippen molar-refractivity contribution in [3.05, 3.63) is 20.9 Å². The zero-order chi connectivity index (χ0) is 7.78. The summed E-state index contributed by atoms with van der Waals surface area (Å²) >= 11 is 2.94. The van der Waals surface area contributed by atoms with E-state index in [0.717, 1.165) is 5.41 Å². The Morgan fingerprint density at radius 2 is 2.10 bits per heavy atom. The Morgan fingerprint density at radius 3 is 2.30 bits per heavy atom.